The fourth-order valence-electron chi connectivity index (χ4n) is 3.77. The predicted octanol–water partition coefficient (Wildman–Crippen LogP) is 4.02. The highest BCUT2D eigenvalue weighted by atomic mass is 19.1. The van der Waals surface area contributed by atoms with Crippen molar-refractivity contribution in [3.8, 4) is 22.8 Å². The topological polar surface area (TPSA) is 76.6 Å². The van der Waals surface area contributed by atoms with Crippen LogP contribution in [0.25, 0.3) is 11.3 Å². The molecule has 1 amide bonds. The van der Waals surface area contributed by atoms with Crippen molar-refractivity contribution in [3.63, 3.8) is 0 Å². The van der Waals surface area contributed by atoms with Gasteiger partial charge in [0.05, 0.1) is 19.9 Å². The maximum absolute atomic E-state index is 13.1. The molecule has 0 bridgehead atoms. The van der Waals surface area contributed by atoms with Crippen LogP contribution < -0.4 is 14.8 Å². The van der Waals surface area contributed by atoms with Crippen LogP contribution in [0, 0.1) is 5.82 Å². The molecule has 1 aromatic heterocycles. The van der Waals surface area contributed by atoms with Crippen LogP contribution in [0.4, 0.5) is 10.2 Å². The second kappa shape index (κ2) is 9.64. The fourth-order valence-corrected chi connectivity index (χ4v) is 3.77. The number of likely N-dealkylation sites (tertiary alicyclic amines) is 1. The molecule has 1 saturated heterocycles. The highest BCUT2D eigenvalue weighted by molar-refractivity contribution is 5.95. The molecule has 1 aliphatic rings. The van der Waals surface area contributed by atoms with Gasteiger partial charge in [-0.2, -0.15) is 0 Å². The van der Waals surface area contributed by atoms with Crippen molar-refractivity contribution in [2.75, 3.05) is 32.6 Å². The summed E-state index contributed by atoms with van der Waals surface area (Å²) in [6.07, 6.45) is 1.61. The average molecular weight is 436 g/mol. The Morgan fingerprint density at radius 3 is 2.31 bits per heavy atom. The van der Waals surface area contributed by atoms with Gasteiger partial charge in [-0.15, -0.1) is 10.2 Å². The normalized spacial score (nSPS) is 14.2. The lowest BCUT2D eigenvalue weighted by molar-refractivity contribution is 0.0718. The van der Waals surface area contributed by atoms with Gasteiger partial charge in [0, 0.05) is 30.3 Å². The number of nitrogens with zero attached hydrogens (tertiary/aromatic N) is 3. The summed E-state index contributed by atoms with van der Waals surface area (Å²) in [5, 5.41) is 11.9. The first-order valence-corrected chi connectivity index (χ1v) is 10.4. The van der Waals surface area contributed by atoms with E-state index in [1.807, 2.05) is 17.0 Å². The molecule has 8 heteroatoms. The van der Waals surface area contributed by atoms with E-state index in [1.54, 1.807) is 44.6 Å². The first kappa shape index (κ1) is 21.5. The maximum Gasteiger partial charge on any atom is 0.253 e. The Balaban J connectivity index is 1.33. The molecule has 0 spiro atoms. The van der Waals surface area contributed by atoms with E-state index in [9.17, 15) is 9.18 Å². The zero-order chi connectivity index (χ0) is 22.5. The van der Waals surface area contributed by atoms with E-state index in [0.29, 0.717) is 41.7 Å². The zero-order valence-corrected chi connectivity index (χ0v) is 18.0. The second-order valence-electron chi connectivity index (χ2n) is 7.59. The predicted molar refractivity (Wildman–Crippen MR) is 120 cm³/mol. The van der Waals surface area contributed by atoms with Crippen LogP contribution in [0.1, 0.15) is 23.2 Å². The molecule has 0 aliphatic carbocycles. The molecule has 0 unspecified atom stereocenters. The second-order valence-corrected chi connectivity index (χ2v) is 7.59. The number of methoxy groups -OCH3 is 2. The van der Waals surface area contributed by atoms with Crippen LogP contribution >= 0.6 is 0 Å². The van der Waals surface area contributed by atoms with Crippen molar-refractivity contribution in [1.82, 2.24) is 15.1 Å². The third kappa shape index (κ3) is 4.80. The van der Waals surface area contributed by atoms with Gasteiger partial charge in [-0.05, 0) is 67.4 Å². The Kier molecular flexibility index (Phi) is 6.49. The van der Waals surface area contributed by atoms with E-state index in [2.05, 4.69) is 15.5 Å². The van der Waals surface area contributed by atoms with Crippen LogP contribution in [0.5, 0.6) is 11.5 Å². The van der Waals surface area contributed by atoms with E-state index in [-0.39, 0.29) is 17.8 Å². The number of benzene rings is 2. The Morgan fingerprint density at radius 1 is 0.969 bits per heavy atom. The summed E-state index contributed by atoms with van der Waals surface area (Å²) in [4.78, 5) is 14.7. The number of carbonyl (C=O) groups excluding carboxylic acids is 1. The number of piperidine rings is 1. The summed E-state index contributed by atoms with van der Waals surface area (Å²) in [5.41, 5.74) is 2.08. The van der Waals surface area contributed by atoms with Gasteiger partial charge in [0.1, 0.15) is 11.6 Å². The van der Waals surface area contributed by atoms with Crippen LogP contribution in [0.15, 0.2) is 54.6 Å². The van der Waals surface area contributed by atoms with Crippen molar-refractivity contribution < 1.29 is 18.7 Å². The largest absolute Gasteiger partial charge is 0.493 e. The van der Waals surface area contributed by atoms with Gasteiger partial charge >= 0.3 is 0 Å². The molecule has 32 heavy (non-hydrogen) atoms. The number of carbonyl (C=O) groups is 1. The van der Waals surface area contributed by atoms with Gasteiger partial charge in [-0.1, -0.05) is 0 Å². The monoisotopic (exact) mass is 436 g/mol. The van der Waals surface area contributed by atoms with Gasteiger partial charge < -0.3 is 19.7 Å². The maximum atomic E-state index is 13.1. The summed E-state index contributed by atoms with van der Waals surface area (Å²) >= 11 is 0. The van der Waals surface area contributed by atoms with Crippen molar-refractivity contribution in [1.29, 1.82) is 0 Å². The number of hydrogen-bond acceptors (Lipinski definition) is 6. The number of hydrogen-bond donors (Lipinski definition) is 1. The summed E-state index contributed by atoms with van der Waals surface area (Å²) in [6.45, 7) is 1.29. The van der Waals surface area contributed by atoms with Crippen molar-refractivity contribution in [3.05, 3.63) is 66.0 Å². The summed E-state index contributed by atoms with van der Waals surface area (Å²) in [7, 11) is 3.12. The number of rotatable bonds is 6. The Bertz CT molecular complexity index is 1070. The van der Waals surface area contributed by atoms with E-state index in [1.165, 1.54) is 12.1 Å². The number of anilines is 1. The number of aromatic nitrogens is 2. The number of nitrogens with one attached hydrogen (secondary N) is 1. The lowest BCUT2D eigenvalue weighted by atomic mass is 10.0. The standard InChI is InChI=1S/C24H25FN4O3/c1-31-21-9-5-17(15-22(21)32-2)24(30)29-13-11-19(12-14-29)26-23-10-8-20(27-28-23)16-3-6-18(25)7-4-16/h3-10,15,19H,11-14H2,1-2H3,(H,26,28). The molecule has 7 nitrogen and oxygen atoms in total. The molecule has 0 atom stereocenters. The van der Waals surface area contributed by atoms with Crippen molar-refractivity contribution in [2.45, 2.75) is 18.9 Å². The fraction of sp³-hybridized carbons (Fsp3) is 0.292. The van der Waals surface area contributed by atoms with Gasteiger partial charge in [0.25, 0.3) is 5.91 Å². The van der Waals surface area contributed by atoms with Crippen LogP contribution in [0.3, 0.4) is 0 Å². The molecule has 0 saturated carbocycles. The first-order chi connectivity index (χ1) is 15.6. The minimum atomic E-state index is -0.282. The molecule has 1 N–H and O–H groups in total. The van der Waals surface area contributed by atoms with Gasteiger partial charge in [0.15, 0.2) is 11.5 Å². The average Bonchev–Trinajstić information content (AvgIpc) is 2.84. The quantitative estimate of drug-likeness (QED) is 0.629. The van der Waals surface area contributed by atoms with Gasteiger partial charge in [-0.3, -0.25) is 4.79 Å². The minimum Gasteiger partial charge on any atom is -0.493 e. The highest BCUT2D eigenvalue weighted by Crippen LogP contribution is 2.28. The third-order valence-electron chi connectivity index (χ3n) is 5.57. The molecule has 2 heterocycles. The van der Waals surface area contributed by atoms with E-state index < -0.39 is 0 Å². The van der Waals surface area contributed by atoms with Crippen LogP contribution in [0.2, 0.25) is 0 Å². The van der Waals surface area contributed by atoms with Crippen molar-refractivity contribution in [2.24, 2.45) is 0 Å². The minimum absolute atomic E-state index is 0.0205. The van der Waals surface area contributed by atoms with Gasteiger partial charge in [0.2, 0.25) is 0 Å². The summed E-state index contributed by atoms with van der Waals surface area (Å²) in [5.74, 6) is 1.51. The van der Waals surface area contributed by atoms with Crippen LogP contribution in [-0.4, -0.2) is 54.4 Å². The first-order valence-electron chi connectivity index (χ1n) is 10.4. The number of amides is 1. The molecule has 3 aromatic rings. The molecule has 4 rings (SSSR count). The molecule has 1 fully saturated rings. The number of halogens is 1. The molecule has 166 valence electrons. The Hall–Kier alpha value is -3.68. The lowest BCUT2D eigenvalue weighted by Crippen LogP contribution is -2.42. The van der Waals surface area contributed by atoms with E-state index in [4.69, 9.17) is 9.47 Å². The zero-order valence-electron chi connectivity index (χ0n) is 18.0. The SMILES string of the molecule is COc1ccc(C(=O)N2CCC(Nc3ccc(-c4ccc(F)cc4)nn3)CC2)cc1OC. The van der Waals surface area contributed by atoms with Crippen molar-refractivity contribution >= 4 is 11.7 Å². The molecule has 0 radical (unpaired) electrons. The smallest absolute Gasteiger partial charge is 0.253 e. The van der Waals surface area contributed by atoms with E-state index >= 15 is 0 Å². The Labute approximate surface area is 186 Å². The highest BCUT2D eigenvalue weighted by Gasteiger charge is 2.24. The Morgan fingerprint density at radius 2 is 1.69 bits per heavy atom. The third-order valence-corrected chi connectivity index (χ3v) is 5.57. The molecular weight excluding hydrogens is 411 g/mol. The molecule has 1 aliphatic heterocycles. The summed E-state index contributed by atoms with van der Waals surface area (Å²) < 4.78 is 23.6. The van der Waals surface area contributed by atoms with E-state index in [0.717, 1.165) is 18.4 Å². The van der Waals surface area contributed by atoms with Gasteiger partial charge in [-0.25, -0.2) is 4.39 Å². The molecular formula is C24H25FN4O3. The molecule has 2 aromatic carbocycles. The van der Waals surface area contributed by atoms with Crippen LogP contribution in [-0.2, 0) is 0 Å². The lowest BCUT2D eigenvalue weighted by Gasteiger charge is -2.32. The summed E-state index contributed by atoms with van der Waals surface area (Å²) in [6, 6.07) is 15.3. The number of ether oxygens (including phenoxy) is 2.